The van der Waals surface area contributed by atoms with Gasteiger partial charge in [0.05, 0.1) is 25.7 Å². The molecule has 2 aromatic carbocycles. The number of carboxylic acids is 1. The summed E-state index contributed by atoms with van der Waals surface area (Å²) >= 11 is 0. The van der Waals surface area contributed by atoms with Gasteiger partial charge in [0.1, 0.15) is 11.9 Å². The van der Waals surface area contributed by atoms with E-state index in [9.17, 15) is 24.3 Å². The molecule has 5 unspecified atom stereocenters. The molecular formula is C37H52N2O8. The van der Waals surface area contributed by atoms with Crippen molar-refractivity contribution in [2.45, 2.75) is 85.5 Å². The number of nitrogens with one attached hydrogen (secondary N) is 2. The maximum Gasteiger partial charge on any atom is 0.345 e. The van der Waals surface area contributed by atoms with Gasteiger partial charge in [-0.3, -0.25) is 14.4 Å². The number of allylic oxidation sites excluding steroid dienone is 1. The van der Waals surface area contributed by atoms with Crippen LogP contribution in [0.5, 0.6) is 5.75 Å². The number of aryl methyl sites for hydroxylation is 2. The van der Waals surface area contributed by atoms with Crippen LogP contribution in [-0.2, 0) is 35.1 Å². The van der Waals surface area contributed by atoms with Crippen molar-refractivity contribution in [3.63, 3.8) is 0 Å². The number of hydrogen-bond acceptors (Lipinski definition) is 7. The Balaban J connectivity index is 0.000000587. The first-order valence-electron chi connectivity index (χ1n) is 16.3. The Kier molecular flexibility index (Phi) is 16.7. The van der Waals surface area contributed by atoms with Crippen molar-refractivity contribution < 1.29 is 38.5 Å². The van der Waals surface area contributed by atoms with E-state index in [0.717, 1.165) is 25.0 Å². The van der Waals surface area contributed by atoms with E-state index in [2.05, 4.69) is 55.7 Å². The number of amides is 2. The lowest BCUT2D eigenvalue weighted by Gasteiger charge is -2.18. The van der Waals surface area contributed by atoms with Gasteiger partial charge in [-0.05, 0) is 73.3 Å². The highest BCUT2D eigenvalue weighted by Crippen LogP contribution is 2.44. The summed E-state index contributed by atoms with van der Waals surface area (Å²) in [6.07, 6.45) is 5.21. The van der Waals surface area contributed by atoms with Crippen LogP contribution in [0.15, 0.2) is 60.7 Å². The highest BCUT2D eigenvalue weighted by atomic mass is 16.6. The number of esters is 1. The van der Waals surface area contributed by atoms with Gasteiger partial charge < -0.3 is 30.0 Å². The van der Waals surface area contributed by atoms with Crippen molar-refractivity contribution in [2.24, 2.45) is 17.8 Å². The van der Waals surface area contributed by atoms with Gasteiger partial charge in [0, 0.05) is 6.54 Å². The first-order valence-corrected chi connectivity index (χ1v) is 16.3. The molecule has 0 aliphatic carbocycles. The monoisotopic (exact) mass is 652 g/mol. The lowest BCUT2D eigenvalue weighted by Crippen LogP contribution is -2.40. The number of carbonyl (C=O) groups is 4. The number of carboxylic acid groups (broad SMARTS) is 1. The summed E-state index contributed by atoms with van der Waals surface area (Å²) in [5.74, 6) is -2.08. The molecule has 0 spiro atoms. The van der Waals surface area contributed by atoms with Crippen molar-refractivity contribution in [1.29, 1.82) is 0 Å². The quantitative estimate of drug-likeness (QED) is 0.114. The van der Waals surface area contributed by atoms with Gasteiger partial charge in [-0.25, -0.2) is 4.79 Å². The molecule has 0 saturated carbocycles. The summed E-state index contributed by atoms with van der Waals surface area (Å²) in [7, 11) is 1.70. The molecule has 1 saturated heterocycles. The minimum absolute atomic E-state index is 0.0253. The van der Waals surface area contributed by atoms with Gasteiger partial charge in [0.25, 0.3) is 0 Å². The van der Waals surface area contributed by atoms with Crippen LogP contribution in [-0.4, -0.2) is 61.3 Å². The van der Waals surface area contributed by atoms with Crippen LogP contribution in [0.4, 0.5) is 0 Å². The topological polar surface area (TPSA) is 144 Å². The molecule has 2 aromatic rings. The fourth-order valence-electron chi connectivity index (χ4n) is 4.86. The summed E-state index contributed by atoms with van der Waals surface area (Å²) in [4.78, 5) is 47.3. The Morgan fingerprint density at radius 2 is 1.72 bits per heavy atom. The Morgan fingerprint density at radius 3 is 2.32 bits per heavy atom. The average Bonchev–Trinajstić information content (AvgIpc) is 3.86. The molecule has 1 aliphatic rings. The van der Waals surface area contributed by atoms with Gasteiger partial charge in [-0.2, -0.15) is 0 Å². The zero-order valence-corrected chi connectivity index (χ0v) is 28.8. The first kappa shape index (κ1) is 39.0. The SMILES string of the molecule is CC(C)CC(OC(=O)C(C)CNC(=O)CNC(=O)/C=C/CCC(C)C1OC1c1ccccc1)C(=O)O.CCc1ccc(OC)c(C)c1. The first-order chi connectivity index (χ1) is 22.4. The molecule has 0 radical (unpaired) electrons. The molecule has 1 aliphatic heterocycles. The Morgan fingerprint density at radius 1 is 1.02 bits per heavy atom. The maximum absolute atomic E-state index is 12.1. The number of ether oxygens (including phenoxy) is 3. The molecule has 2 amide bonds. The molecule has 10 heteroatoms. The largest absolute Gasteiger partial charge is 0.496 e. The minimum atomic E-state index is -1.22. The highest BCUT2D eigenvalue weighted by molar-refractivity contribution is 5.91. The molecule has 3 rings (SSSR count). The third kappa shape index (κ3) is 14.4. The Hall–Kier alpha value is -4.18. The van der Waals surface area contributed by atoms with Crippen LogP contribution in [0, 0.1) is 24.7 Å². The second-order valence-corrected chi connectivity index (χ2v) is 12.4. The summed E-state index contributed by atoms with van der Waals surface area (Å²) in [5, 5.41) is 14.2. The molecule has 258 valence electrons. The van der Waals surface area contributed by atoms with Gasteiger partial charge in [0.15, 0.2) is 6.10 Å². The van der Waals surface area contributed by atoms with E-state index >= 15 is 0 Å². The molecule has 47 heavy (non-hydrogen) atoms. The predicted octanol–water partition coefficient (Wildman–Crippen LogP) is 5.58. The summed E-state index contributed by atoms with van der Waals surface area (Å²) in [6.45, 7) is 11.3. The van der Waals surface area contributed by atoms with Crippen molar-refractivity contribution in [1.82, 2.24) is 10.6 Å². The number of benzene rings is 2. The van der Waals surface area contributed by atoms with Crippen molar-refractivity contribution in [3.8, 4) is 5.75 Å². The summed E-state index contributed by atoms with van der Waals surface area (Å²) in [6, 6.07) is 16.4. The zero-order chi connectivity index (χ0) is 34.9. The van der Waals surface area contributed by atoms with E-state index in [1.54, 1.807) is 13.2 Å². The van der Waals surface area contributed by atoms with E-state index < -0.39 is 29.9 Å². The second kappa shape index (κ2) is 20.1. The van der Waals surface area contributed by atoms with Crippen LogP contribution in [0.3, 0.4) is 0 Å². The van der Waals surface area contributed by atoms with Crippen LogP contribution >= 0.6 is 0 Å². The molecule has 10 nitrogen and oxygen atoms in total. The van der Waals surface area contributed by atoms with Gasteiger partial charge in [-0.15, -0.1) is 0 Å². The molecule has 5 atom stereocenters. The number of methoxy groups -OCH3 is 1. The minimum Gasteiger partial charge on any atom is -0.496 e. The molecule has 0 bridgehead atoms. The fraction of sp³-hybridized carbons (Fsp3) is 0.514. The standard InChI is InChI=1S/C27H38N2O7.C10H14O/c1-17(2)14-21(26(32)33)35-27(34)19(4)15-28-23(31)16-29-22(30)13-9-8-10-18(3)24-25(36-24)20-11-6-5-7-12-20;1-4-9-5-6-10(11-3)8(2)7-9/h5-7,9,11-13,17-19,21,24-25H,8,10,14-16H2,1-4H3,(H,28,31)(H,29,30)(H,32,33);5-7H,4H2,1-3H3/b13-9+;. The average molecular weight is 653 g/mol. The van der Waals surface area contributed by atoms with Crippen molar-refractivity contribution in [2.75, 3.05) is 20.2 Å². The van der Waals surface area contributed by atoms with Crippen molar-refractivity contribution >= 4 is 23.8 Å². The third-order valence-electron chi connectivity index (χ3n) is 7.79. The third-order valence-corrected chi connectivity index (χ3v) is 7.79. The van der Waals surface area contributed by atoms with Crippen LogP contribution in [0.25, 0.3) is 0 Å². The predicted molar refractivity (Wildman–Crippen MR) is 181 cm³/mol. The van der Waals surface area contributed by atoms with Gasteiger partial charge in [0.2, 0.25) is 11.8 Å². The zero-order valence-electron chi connectivity index (χ0n) is 28.8. The van der Waals surface area contributed by atoms with E-state index in [1.807, 2.05) is 38.1 Å². The maximum atomic E-state index is 12.1. The normalized spacial score (nSPS) is 17.1. The lowest BCUT2D eigenvalue weighted by atomic mass is 9.97. The highest BCUT2D eigenvalue weighted by Gasteiger charge is 2.43. The number of carbonyl (C=O) groups excluding carboxylic acids is 3. The van der Waals surface area contributed by atoms with Crippen molar-refractivity contribution in [3.05, 3.63) is 77.4 Å². The van der Waals surface area contributed by atoms with E-state index in [1.165, 1.54) is 29.7 Å². The van der Waals surface area contributed by atoms with Crippen LogP contribution < -0.4 is 15.4 Å². The molecule has 3 N–H and O–H groups in total. The van der Waals surface area contributed by atoms with Gasteiger partial charge in [-0.1, -0.05) is 83.2 Å². The fourth-order valence-corrected chi connectivity index (χ4v) is 4.86. The number of hydrogen-bond donors (Lipinski definition) is 3. The Bertz CT molecular complexity index is 1330. The van der Waals surface area contributed by atoms with E-state index in [-0.39, 0.29) is 43.5 Å². The molecule has 0 aromatic heterocycles. The molecule has 1 heterocycles. The van der Waals surface area contributed by atoms with Gasteiger partial charge >= 0.3 is 11.9 Å². The summed E-state index contributed by atoms with van der Waals surface area (Å²) in [5.41, 5.74) is 3.76. The number of epoxide rings is 1. The van der Waals surface area contributed by atoms with E-state index in [0.29, 0.717) is 5.92 Å². The number of aliphatic carboxylic acids is 1. The lowest BCUT2D eigenvalue weighted by molar-refractivity contribution is -0.167. The smallest absolute Gasteiger partial charge is 0.345 e. The van der Waals surface area contributed by atoms with E-state index in [4.69, 9.17) is 14.2 Å². The summed E-state index contributed by atoms with van der Waals surface area (Å²) < 4.78 is 16.0. The van der Waals surface area contributed by atoms with Crippen LogP contribution in [0.2, 0.25) is 0 Å². The number of rotatable bonds is 17. The molecular weight excluding hydrogens is 600 g/mol. The van der Waals surface area contributed by atoms with Crippen LogP contribution in [0.1, 0.15) is 76.7 Å². The Labute approximate surface area is 279 Å². The second-order valence-electron chi connectivity index (χ2n) is 12.4. The molecule has 1 fully saturated rings.